The van der Waals surface area contributed by atoms with Gasteiger partial charge in [0.05, 0.1) is 5.56 Å². The summed E-state index contributed by atoms with van der Waals surface area (Å²) >= 11 is 0. The summed E-state index contributed by atoms with van der Waals surface area (Å²) in [4.78, 5) is 15.1. The summed E-state index contributed by atoms with van der Waals surface area (Å²) in [6.45, 7) is 0. The van der Waals surface area contributed by atoms with Crippen molar-refractivity contribution in [1.29, 1.82) is 0 Å². The SMILES string of the molecule is c1ccc(-c2cc(-c3ccccc3)cc(-c3nc(-c4ccccc4)nc(-c4cccc5c4oc4ccccc45)n3)c2)cc1. The van der Waals surface area contributed by atoms with E-state index in [0.717, 1.165) is 60.9 Å². The van der Waals surface area contributed by atoms with Gasteiger partial charge in [-0.05, 0) is 52.6 Å². The minimum atomic E-state index is 0.569. The molecule has 0 atom stereocenters. The predicted octanol–water partition coefficient (Wildman–Crippen LogP) is 10.1. The largest absolute Gasteiger partial charge is 0.455 e. The van der Waals surface area contributed by atoms with Crippen molar-refractivity contribution in [3.8, 4) is 56.4 Å². The Kier molecular flexibility index (Phi) is 6.08. The van der Waals surface area contributed by atoms with Gasteiger partial charge in [0.1, 0.15) is 11.2 Å². The number of hydrogen-bond acceptors (Lipinski definition) is 4. The first-order valence-electron chi connectivity index (χ1n) is 14.3. The lowest BCUT2D eigenvalue weighted by Crippen LogP contribution is -2.00. The van der Waals surface area contributed by atoms with Crippen molar-refractivity contribution in [2.75, 3.05) is 0 Å². The van der Waals surface area contributed by atoms with Crippen molar-refractivity contribution in [3.63, 3.8) is 0 Å². The van der Waals surface area contributed by atoms with Crippen LogP contribution in [0.3, 0.4) is 0 Å². The summed E-state index contributed by atoms with van der Waals surface area (Å²) in [5, 5.41) is 2.11. The lowest BCUT2D eigenvalue weighted by molar-refractivity contribution is 0.669. The van der Waals surface area contributed by atoms with Crippen LogP contribution in [-0.2, 0) is 0 Å². The summed E-state index contributed by atoms with van der Waals surface area (Å²) in [7, 11) is 0. The van der Waals surface area contributed by atoms with E-state index < -0.39 is 0 Å². The maximum Gasteiger partial charge on any atom is 0.167 e. The van der Waals surface area contributed by atoms with Gasteiger partial charge in [0.25, 0.3) is 0 Å². The van der Waals surface area contributed by atoms with Gasteiger partial charge in [-0.3, -0.25) is 0 Å². The Morgan fingerprint density at radius 1 is 0.349 bits per heavy atom. The van der Waals surface area contributed by atoms with Crippen LogP contribution in [0.1, 0.15) is 0 Å². The van der Waals surface area contributed by atoms with Crippen LogP contribution in [0.25, 0.3) is 78.4 Å². The first-order chi connectivity index (χ1) is 21.3. The fraction of sp³-hybridized carbons (Fsp3) is 0. The molecule has 0 spiro atoms. The molecule has 0 unspecified atom stereocenters. The predicted molar refractivity (Wildman–Crippen MR) is 174 cm³/mol. The van der Waals surface area contributed by atoms with Crippen molar-refractivity contribution >= 4 is 21.9 Å². The second-order valence-electron chi connectivity index (χ2n) is 10.5. The first-order valence-corrected chi connectivity index (χ1v) is 14.3. The van der Waals surface area contributed by atoms with Crippen LogP contribution in [0.4, 0.5) is 0 Å². The van der Waals surface area contributed by atoms with Gasteiger partial charge >= 0.3 is 0 Å². The number of nitrogens with zero attached hydrogens (tertiary/aromatic N) is 3. The van der Waals surface area contributed by atoms with Gasteiger partial charge in [-0.2, -0.15) is 0 Å². The number of fused-ring (bicyclic) bond motifs is 3. The number of para-hydroxylation sites is 2. The molecule has 202 valence electrons. The zero-order valence-electron chi connectivity index (χ0n) is 23.2. The molecule has 43 heavy (non-hydrogen) atoms. The topological polar surface area (TPSA) is 51.8 Å². The summed E-state index contributed by atoms with van der Waals surface area (Å²) in [6, 6.07) is 51.7. The van der Waals surface area contributed by atoms with Gasteiger partial charge in [-0.15, -0.1) is 0 Å². The normalized spacial score (nSPS) is 11.3. The van der Waals surface area contributed by atoms with Crippen molar-refractivity contribution in [2.24, 2.45) is 0 Å². The summed E-state index contributed by atoms with van der Waals surface area (Å²) < 4.78 is 6.38. The Labute approximate surface area is 249 Å². The van der Waals surface area contributed by atoms with E-state index in [1.54, 1.807) is 0 Å². The molecule has 0 saturated carbocycles. The third-order valence-electron chi connectivity index (χ3n) is 7.72. The number of hydrogen-bond donors (Lipinski definition) is 0. The van der Waals surface area contributed by atoms with E-state index in [-0.39, 0.29) is 0 Å². The highest BCUT2D eigenvalue weighted by molar-refractivity contribution is 6.09. The van der Waals surface area contributed by atoms with E-state index in [9.17, 15) is 0 Å². The Morgan fingerprint density at radius 2 is 0.837 bits per heavy atom. The molecule has 0 N–H and O–H groups in total. The van der Waals surface area contributed by atoms with Gasteiger partial charge in [-0.25, -0.2) is 15.0 Å². The maximum atomic E-state index is 6.38. The molecule has 0 saturated heterocycles. The summed E-state index contributed by atoms with van der Waals surface area (Å²) in [6.07, 6.45) is 0. The van der Waals surface area contributed by atoms with Crippen LogP contribution in [-0.4, -0.2) is 15.0 Å². The molecule has 0 radical (unpaired) electrons. The van der Waals surface area contributed by atoms with Crippen molar-refractivity contribution in [2.45, 2.75) is 0 Å². The van der Waals surface area contributed by atoms with Gasteiger partial charge < -0.3 is 4.42 Å². The van der Waals surface area contributed by atoms with Crippen LogP contribution in [0.15, 0.2) is 156 Å². The second-order valence-corrected chi connectivity index (χ2v) is 10.5. The number of benzene rings is 6. The molecule has 4 heteroatoms. The molecule has 0 aliphatic rings. The lowest BCUT2D eigenvalue weighted by atomic mass is 9.96. The Balaban J connectivity index is 1.38. The van der Waals surface area contributed by atoms with Gasteiger partial charge in [0, 0.05) is 21.9 Å². The average molecular weight is 552 g/mol. The molecule has 0 amide bonds. The molecule has 0 bridgehead atoms. The molecular formula is C39H25N3O. The highest BCUT2D eigenvalue weighted by Gasteiger charge is 2.18. The zero-order valence-corrected chi connectivity index (χ0v) is 23.2. The molecular weight excluding hydrogens is 526 g/mol. The van der Waals surface area contributed by atoms with E-state index in [4.69, 9.17) is 19.4 Å². The molecule has 4 nitrogen and oxygen atoms in total. The van der Waals surface area contributed by atoms with E-state index >= 15 is 0 Å². The summed E-state index contributed by atoms with van der Waals surface area (Å²) in [5.41, 5.74) is 8.73. The summed E-state index contributed by atoms with van der Waals surface area (Å²) in [5.74, 6) is 1.78. The van der Waals surface area contributed by atoms with Crippen molar-refractivity contribution in [3.05, 3.63) is 152 Å². The van der Waals surface area contributed by atoms with Crippen molar-refractivity contribution < 1.29 is 4.42 Å². The van der Waals surface area contributed by atoms with E-state index in [0.29, 0.717) is 17.5 Å². The average Bonchev–Trinajstić information content (AvgIpc) is 3.48. The molecule has 6 aromatic carbocycles. The van der Waals surface area contributed by atoms with E-state index in [2.05, 4.69) is 78.9 Å². The fourth-order valence-corrected chi connectivity index (χ4v) is 5.62. The van der Waals surface area contributed by atoms with Gasteiger partial charge in [0.15, 0.2) is 17.5 Å². The standard InChI is InChI=1S/C39H25N3O/c1-4-13-26(14-5-1)29-23-30(27-15-6-2-7-16-27)25-31(24-29)38-40-37(28-17-8-3-9-18-28)41-39(42-38)34-21-12-20-33-32-19-10-11-22-35(32)43-36(33)34/h1-25H. The molecule has 2 aromatic heterocycles. The second kappa shape index (κ2) is 10.5. The third-order valence-corrected chi connectivity index (χ3v) is 7.72. The highest BCUT2D eigenvalue weighted by Crippen LogP contribution is 2.37. The minimum absolute atomic E-state index is 0.569. The van der Waals surface area contributed by atoms with Gasteiger partial charge in [-0.1, -0.05) is 121 Å². The van der Waals surface area contributed by atoms with E-state index in [1.807, 2.05) is 72.8 Å². The quantitative estimate of drug-likeness (QED) is 0.214. The van der Waals surface area contributed by atoms with Crippen LogP contribution in [0.5, 0.6) is 0 Å². The van der Waals surface area contributed by atoms with Crippen LogP contribution in [0, 0.1) is 0 Å². The van der Waals surface area contributed by atoms with Crippen molar-refractivity contribution in [1.82, 2.24) is 15.0 Å². The Morgan fingerprint density at radius 3 is 1.49 bits per heavy atom. The monoisotopic (exact) mass is 551 g/mol. The molecule has 8 rings (SSSR count). The van der Waals surface area contributed by atoms with Crippen LogP contribution in [0.2, 0.25) is 0 Å². The molecule has 2 heterocycles. The number of aromatic nitrogens is 3. The number of furan rings is 1. The lowest BCUT2D eigenvalue weighted by Gasteiger charge is -2.12. The smallest absolute Gasteiger partial charge is 0.167 e. The molecule has 0 aliphatic heterocycles. The molecule has 0 aliphatic carbocycles. The molecule has 0 fully saturated rings. The highest BCUT2D eigenvalue weighted by atomic mass is 16.3. The number of rotatable bonds is 5. The third kappa shape index (κ3) is 4.65. The molecule has 8 aromatic rings. The van der Waals surface area contributed by atoms with Crippen LogP contribution < -0.4 is 0 Å². The minimum Gasteiger partial charge on any atom is -0.455 e. The zero-order chi connectivity index (χ0) is 28.6. The van der Waals surface area contributed by atoms with Gasteiger partial charge in [0.2, 0.25) is 0 Å². The Hall–Kier alpha value is -5.87. The Bertz CT molecular complexity index is 2170. The fourth-order valence-electron chi connectivity index (χ4n) is 5.62. The van der Waals surface area contributed by atoms with Crippen LogP contribution >= 0.6 is 0 Å². The van der Waals surface area contributed by atoms with E-state index in [1.165, 1.54) is 0 Å². The first kappa shape index (κ1) is 24.9. The maximum absolute atomic E-state index is 6.38.